The van der Waals surface area contributed by atoms with Crippen molar-refractivity contribution < 1.29 is 4.74 Å². The fourth-order valence-electron chi connectivity index (χ4n) is 2.05. The Balaban J connectivity index is 1.77. The molecule has 0 unspecified atom stereocenters. The molecule has 0 aliphatic rings. The standard InChI is InChI=1S/C16H15BrN2OS/c1-2-20-12-7-8-14-15(9-12)21-16(19-14)18-10-11-5-3-4-6-13(11)17/h3-9H,2,10H2,1H3,(H,18,19). The number of nitrogens with zero attached hydrogens (tertiary/aromatic N) is 1. The van der Waals surface area contributed by atoms with Crippen molar-refractivity contribution in [3.05, 3.63) is 52.5 Å². The average Bonchev–Trinajstić information content (AvgIpc) is 2.89. The molecule has 0 aliphatic carbocycles. The monoisotopic (exact) mass is 362 g/mol. The van der Waals surface area contributed by atoms with E-state index in [9.17, 15) is 0 Å². The predicted octanol–water partition coefficient (Wildman–Crippen LogP) is 5.07. The minimum atomic E-state index is 0.678. The van der Waals surface area contributed by atoms with Crippen LogP contribution in [-0.2, 0) is 6.54 Å². The molecule has 2 aromatic carbocycles. The van der Waals surface area contributed by atoms with Crippen molar-refractivity contribution in [1.82, 2.24) is 4.98 Å². The van der Waals surface area contributed by atoms with Gasteiger partial charge in [-0.3, -0.25) is 0 Å². The van der Waals surface area contributed by atoms with Crippen molar-refractivity contribution in [1.29, 1.82) is 0 Å². The lowest BCUT2D eigenvalue weighted by Crippen LogP contribution is -1.99. The average molecular weight is 363 g/mol. The van der Waals surface area contributed by atoms with Gasteiger partial charge < -0.3 is 10.1 Å². The number of hydrogen-bond donors (Lipinski definition) is 1. The molecule has 0 aliphatic heterocycles. The number of benzene rings is 2. The molecule has 0 atom stereocenters. The molecule has 3 nitrogen and oxygen atoms in total. The van der Waals surface area contributed by atoms with Gasteiger partial charge in [-0.2, -0.15) is 0 Å². The Morgan fingerprint density at radius 3 is 2.90 bits per heavy atom. The molecular weight excluding hydrogens is 348 g/mol. The Morgan fingerprint density at radius 2 is 2.10 bits per heavy atom. The van der Waals surface area contributed by atoms with Crippen LogP contribution in [0.4, 0.5) is 5.13 Å². The molecule has 0 radical (unpaired) electrons. The van der Waals surface area contributed by atoms with E-state index in [4.69, 9.17) is 4.74 Å². The van der Waals surface area contributed by atoms with Crippen molar-refractivity contribution in [2.75, 3.05) is 11.9 Å². The summed E-state index contributed by atoms with van der Waals surface area (Å²) < 4.78 is 7.76. The highest BCUT2D eigenvalue weighted by Gasteiger charge is 2.06. The number of nitrogens with one attached hydrogen (secondary N) is 1. The van der Waals surface area contributed by atoms with E-state index >= 15 is 0 Å². The Kier molecular flexibility index (Phi) is 4.41. The second-order valence-electron chi connectivity index (χ2n) is 4.53. The lowest BCUT2D eigenvalue weighted by atomic mass is 10.2. The van der Waals surface area contributed by atoms with Crippen molar-refractivity contribution >= 4 is 42.6 Å². The third-order valence-corrected chi connectivity index (χ3v) is 4.81. The van der Waals surface area contributed by atoms with Crippen LogP contribution >= 0.6 is 27.3 Å². The number of fused-ring (bicyclic) bond motifs is 1. The van der Waals surface area contributed by atoms with Gasteiger partial charge in [0.05, 0.1) is 16.8 Å². The summed E-state index contributed by atoms with van der Waals surface area (Å²) in [6.45, 7) is 3.42. The highest BCUT2D eigenvalue weighted by Crippen LogP contribution is 2.29. The van der Waals surface area contributed by atoms with Crippen molar-refractivity contribution in [3.63, 3.8) is 0 Å². The van der Waals surface area contributed by atoms with Crippen LogP contribution < -0.4 is 10.1 Å². The predicted molar refractivity (Wildman–Crippen MR) is 92.3 cm³/mol. The summed E-state index contributed by atoms with van der Waals surface area (Å²) in [5.74, 6) is 0.894. The first-order valence-electron chi connectivity index (χ1n) is 6.77. The summed E-state index contributed by atoms with van der Waals surface area (Å²) in [7, 11) is 0. The van der Waals surface area contributed by atoms with Crippen molar-refractivity contribution in [2.45, 2.75) is 13.5 Å². The van der Waals surface area contributed by atoms with E-state index in [0.29, 0.717) is 6.61 Å². The van der Waals surface area contributed by atoms with Gasteiger partial charge in [-0.1, -0.05) is 45.5 Å². The van der Waals surface area contributed by atoms with Gasteiger partial charge in [0.15, 0.2) is 5.13 Å². The normalized spacial score (nSPS) is 10.8. The fraction of sp³-hybridized carbons (Fsp3) is 0.188. The van der Waals surface area contributed by atoms with Gasteiger partial charge in [-0.05, 0) is 36.8 Å². The maximum Gasteiger partial charge on any atom is 0.184 e. The number of rotatable bonds is 5. The van der Waals surface area contributed by atoms with Gasteiger partial charge in [0.1, 0.15) is 5.75 Å². The molecule has 3 aromatic rings. The third kappa shape index (κ3) is 3.36. The van der Waals surface area contributed by atoms with Gasteiger partial charge >= 0.3 is 0 Å². The Hall–Kier alpha value is -1.59. The fourth-order valence-corrected chi connectivity index (χ4v) is 3.36. The van der Waals surface area contributed by atoms with E-state index in [1.165, 1.54) is 5.56 Å². The maximum atomic E-state index is 5.52. The first kappa shape index (κ1) is 14.4. The van der Waals surface area contributed by atoms with Gasteiger partial charge in [0.25, 0.3) is 0 Å². The van der Waals surface area contributed by atoms with E-state index in [-0.39, 0.29) is 0 Å². The van der Waals surface area contributed by atoms with Crippen LogP contribution in [0.2, 0.25) is 0 Å². The first-order chi connectivity index (χ1) is 10.3. The zero-order valence-electron chi connectivity index (χ0n) is 11.6. The smallest absolute Gasteiger partial charge is 0.184 e. The molecule has 5 heteroatoms. The van der Waals surface area contributed by atoms with Crippen molar-refractivity contribution in [3.8, 4) is 5.75 Å². The Labute approximate surface area is 136 Å². The van der Waals surface area contributed by atoms with Gasteiger partial charge in [0.2, 0.25) is 0 Å². The molecule has 0 amide bonds. The maximum absolute atomic E-state index is 5.52. The van der Waals surface area contributed by atoms with Crippen LogP contribution in [0.5, 0.6) is 5.75 Å². The van der Waals surface area contributed by atoms with Crippen LogP contribution in [-0.4, -0.2) is 11.6 Å². The van der Waals surface area contributed by atoms with E-state index in [0.717, 1.165) is 32.1 Å². The van der Waals surface area contributed by atoms with E-state index in [2.05, 4.69) is 32.3 Å². The van der Waals surface area contributed by atoms with Crippen LogP contribution in [0.15, 0.2) is 46.9 Å². The molecule has 0 fully saturated rings. The zero-order valence-corrected chi connectivity index (χ0v) is 14.0. The Morgan fingerprint density at radius 1 is 1.24 bits per heavy atom. The molecular formula is C16H15BrN2OS. The summed E-state index contributed by atoms with van der Waals surface area (Å²) >= 11 is 5.20. The molecule has 1 heterocycles. The molecule has 21 heavy (non-hydrogen) atoms. The molecule has 1 N–H and O–H groups in total. The molecule has 3 rings (SSSR count). The second-order valence-corrected chi connectivity index (χ2v) is 6.41. The van der Waals surface area contributed by atoms with Crippen molar-refractivity contribution in [2.24, 2.45) is 0 Å². The van der Waals surface area contributed by atoms with E-state index < -0.39 is 0 Å². The second kappa shape index (κ2) is 6.45. The van der Waals surface area contributed by atoms with Crippen LogP contribution in [0, 0.1) is 0 Å². The molecule has 0 bridgehead atoms. The first-order valence-corrected chi connectivity index (χ1v) is 8.38. The third-order valence-electron chi connectivity index (χ3n) is 3.06. The van der Waals surface area contributed by atoms with E-state index in [1.54, 1.807) is 11.3 Å². The summed E-state index contributed by atoms with van der Waals surface area (Å²) in [4.78, 5) is 4.60. The van der Waals surface area contributed by atoms with Crippen LogP contribution in [0.25, 0.3) is 10.2 Å². The zero-order chi connectivity index (χ0) is 14.7. The number of hydrogen-bond acceptors (Lipinski definition) is 4. The molecule has 0 saturated heterocycles. The largest absolute Gasteiger partial charge is 0.494 e. The summed E-state index contributed by atoms with van der Waals surface area (Å²) in [5.41, 5.74) is 2.21. The minimum absolute atomic E-state index is 0.678. The number of thiazole rings is 1. The van der Waals surface area contributed by atoms with E-state index in [1.807, 2.05) is 43.3 Å². The van der Waals surface area contributed by atoms with Crippen LogP contribution in [0.3, 0.4) is 0 Å². The van der Waals surface area contributed by atoms with Gasteiger partial charge in [-0.15, -0.1) is 0 Å². The lowest BCUT2D eigenvalue weighted by Gasteiger charge is -2.04. The molecule has 1 aromatic heterocycles. The summed E-state index contributed by atoms with van der Waals surface area (Å²) in [6.07, 6.45) is 0. The SMILES string of the molecule is CCOc1ccc2nc(NCc3ccccc3Br)sc2c1. The molecule has 0 saturated carbocycles. The molecule has 108 valence electrons. The number of ether oxygens (including phenoxy) is 1. The highest BCUT2D eigenvalue weighted by molar-refractivity contribution is 9.10. The van der Waals surface area contributed by atoms with Crippen LogP contribution in [0.1, 0.15) is 12.5 Å². The highest BCUT2D eigenvalue weighted by atomic mass is 79.9. The Bertz CT molecular complexity index is 757. The van der Waals surface area contributed by atoms with Gasteiger partial charge in [0, 0.05) is 11.0 Å². The van der Waals surface area contributed by atoms with Gasteiger partial charge in [-0.25, -0.2) is 4.98 Å². The lowest BCUT2D eigenvalue weighted by molar-refractivity contribution is 0.341. The number of aromatic nitrogens is 1. The molecule has 0 spiro atoms. The summed E-state index contributed by atoms with van der Waals surface area (Å²) in [5, 5.41) is 4.30. The topological polar surface area (TPSA) is 34.1 Å². The number of halogens is 1. The number of anilines is 1. The quantitative estimate of drug-likeness (QED) is 0.687. The summed E-state index contributed by atoms with van der Waals surface area (Å²) in [6, 6.07) is 14.2. The minimum Gasteiger partial charge on any atom is -0.494 e.